The first-order valence-corrected chi connectivity index (χ1v) is 7.16. The summed E-state index contributed by atoms with van der Waals surface area (Å²) in [6, 6.07) is 16.9. The Kier molecular flexibility index (Phi) is 4.45. The van der Waals surface area contributed by atoms with Crippen LogP contribution in [0.3, 0.4) is 0 Å². The molecule has 1 unspecified atom stereocenters. The van der Waals surface area contributed by atoms with Crippen molar-refractivity contribution in [3.8, 4) is 0 Å². The summed E-state index contributed by atoms with van der Waals surface area (Å²) >= 11 is 1.84. The predicted molar refractivity (Wildman–Crippen MR) is 80.0 cm³/mol. The molecule has 18 heavy (non-hydrogen) atoms. The Morgan fingerprint density at radius 1 is 1.06 bits per heavy atom. The second kappa shape index (κ2) is 6.07. The fourth-order valence-electron chi connectivity index (χ4n) is 1.84. The number of rotatable bonds is 4. The maximum atomic E-state index is 6.21. The van der Waals surface area contributed by atoms with Gasteiger partial charge in [0.25, 0.3) is 0 Å². The minimum Gasteiger partial charge on any atom is -0.323 e. The molecule has 94 valence electrons. The van der Waals surface area contributed by atoms with E-state index < -0.39 is 0 Å². The molecular weight excluding hydrogens is 238 g/mol. The van der Waals surface area contributed by atoms with Crippen LogP contribution in [0.2, 0.25) is 0 Å². The molecule has 0 saturated carbocycles. The van der Waals surface area contributed by atoms with Crippen LogP contribution in [0.15, 0.2) is 53.4 Å². The fraction of sp³-hybridized carbons (Fsp3) is 0.250. The lowest BCUT2D eigenvalue weighted by molar-refractivity contribution is 0.831. The van der Waals surface area contributed by atoms with Crippen molar-refractivity contribution in [3.63, 3.8) is 0 Å². The molecule has 2 heteroatoms. The van der Waals surface area contributed by atoms with Gasteiger partial charge in [-0.15, -0.1) is 11.8 Å². The third-order valence-electron chi connectivity index (χ3n) is 2.99. The Labute approximate surface area is 113 Å². The number of hydrogen-bond acceptors (Lipinski definition) is 2. The molecule has 0 radical (unpaired) electrons. The molecule has 0 saturated heterocycles. The van der Waals surface area contributed by atoms with Gasteiger partial charge in [0, 0.05) is 16.7 Å². The topological polar surface area (TPSA) is 26.0 Å². The highest BCUT2D eigenvalue weighted by atomic mass is 32.2. The molecule has 1 nitrogen and oxygen atoms in total. The molecule has 0 aliphatic rings. The summed E-state index contributed by atoms with van der Waals surface area (Å²) in [5.74, 6) is 0.911. The molecule has 0 heterocycles. The highest BCUT2D eigenvalue weighted by Crippen LogP contribution is 2.27. The highest BCUT2D eigenvalue weighted by Gasteiger charge is 2.07. The van der Waals surface area contributed by atoms with Crippen molar-refractivity contribution in [2.24, 2.45) is 5.73 Å². The third-order valence-corrected chi connectivity index (χ3v) is 4.27. The second-order valence-corrected chi connectivity index (χ2v) is 5.66. The van der Waals surface area contributed by atoms with E-state index in [0.29, 0.717) is 0 Å². The summed E-state index contributed by atoms with van der Waals surface area (Å²) in [5.41, 5.74) is 10.0. The molecule has 2 rings (SSSR count). The van der Waals surface area contributed by atoms with Gasteiger partial charge in [-0.05, 0) is 31.0 Å². The quantitative estimate of drug-likeness (QED) is 0.835. The van der Waals surface area contributed by atoms with Crippen molar-refractivity contribution in [1.29, 1.82) is 0 Å². The maximum absolute atomic E-state index is 6.21. The van der Waals surface area contributed by atoms with Gasteiger partial charge < -0.3 is 5.73 Å². The van der Waals surface area contributed by atoms with Gasteiger partial charge in [-0.2, -0.15) is 0 Å². The average molecular weight is 257 g/mol. The summed E-state index contributed by atoms with van der Waals surface area (Å²) in [4.78, 5) is 1.33. The van der Waals surface area contributed by atoms with Crippen LogP contribution in [0, 0.1) is 13.8 Å². The van der Waals surface area contributed by atoms with E-state index in [-0.39, 0.29) is 6.04 Å². The first-order chi connectivity index (χ1) is 8.66. The molecule has 2 aromatic carbocycles. The van der Waals surface area contributed by atoms with Crippen LogP contribution in [0.4, 0.5) is 0 Å². The molecule has 0 fully saturated rings. The summed E-state index contributed by atoms with van der Waals surface area (Å²) in [6.45, 7) is 4.27. The van der Waals surface area contributed by atoms with Gasteiger partial charge >= 0.3 is 0 Å². The largest absolute Gasteiger partial charge is 0.323 e. The molecule has 0 aliphatic carbocycles. The zero-order valence-electron chi connectivity index (χ0n) is 10.9. The minimum atomic E-state index is 0.0936. The molecule has 0 aliphatic heterocycles. The molecule has 0 aromatic heterocycles. The van der Waals surface area contributed by atoms with Gasteiger partial charge in [0.1, 0.15) is 0 Å². The van der Waals surface area contributed by atoms with Crippen molar-refractivity contribution >= 4 is 11.8 Å². The van der Waals surface area contributed by atoms with Crippen LogP contribution in [-0.2, 0) is 0 Å². The van der Waals surface area contributed by atoms with Gasteiger partial charge in [0.15, 0.2) is 0 Å². The van der Waals surface area contributed by atoms with E-state index in [9.17, 15) is 0 Å². The van der Waals surface area contributed by atoms with E-state index >= 15 is 0 Å². The Balaban J connectivity index is 2.01. The summed E-state index contributed by atoms with van der Waals surface area (Å²) in [7, 11) is 0. The lowest BCUT2D eigenvalue weighted by Crippen LogP contribution is -2.12. The first-order valence-electron chi connectivity index (χ1n) is 6.17. The normalized spacial score (nSPS) is 12.4. The Bertz CT molecular complexity index is 508. The van der Waals surface area contributed by atoms with Crippen LogP contribution < -0.4 is 5.73 Å². The summed E-state index contributed by atoms with van der Waals surface area (Å²) in [5, 5.41) is 0. The van der Waals surface area contributed by atoms with Crippen molar-refractivity contribution in [1.82, 2.24) is 0 Å². The third kappa shape index (κ3) is 3.37. The van der Waals surface area contributed by atoms with Gasteiger partial charge in [-0.3, -0.25) is 0 Å². The Morgan fingerprint density at radius 2 is 1.78 bits per heavy atom. The number of aryl methyl sites for hydroxylation is 2. The number of benzene rings is 2. The molecular formula is C16H19NS. The van der Waals surface area contributed by atoms with E-state index in [2.05, 4.69) is 44.2 Å². The van der Waals surface area contributed by atoms with Gasteiger partial charge in [-0.1, -0.05) is 48.0 Å². The van der Waals surface area contributed by atoms with Crippen LogP contribution in [-0.4, -0.2) is 5.75 Å². The van der Waals surface area contributed by atoms with E-state index in [1.54, 1.807) is 0 Å². The number of nitrogens with two attached hydrogens (primary N) is 1. The molecule has 2 N–H and O–H groups in total. The molecule has 2 aromatic rings. The van der Waals surface area contributed by atoms with Gasteiger partial charge in [0.05, 0.1) is 0 Å². The molecule has 1 atom stereocenters. The minimum absolute atomic E-state index is 0.0936. The van der Waals surface area contributed by atoms with Crippen molar-refractivity contribution in [2.75, 3.05) is 5.75 Å². The van der Waals surface area contributed by atoms with Gasteiger partial charge in [-0.25, -0.2) is 0 Å². The van der Waals surface area contributed by atoms with E-state index in [1.165, 1.54) is 21.6 Å². The molecule has 0 bridgehead atoms. The summed E-state index contributed by atoms with van der Waals surface area (Å²) < 4.78 is 0. The zero-order chi connectivity index (χ0) is 13.0. The zero-order valence-corrected chi connectivity index (χ0v) is 11.7. The smallest absolute Gasteiger partial charge is 0.0390 e. The molecule has 0 spiro atoms. The second-order valence-electron chi connectivity index (χ2n) is 4.60. The number of thioether (sulfide) groups is 1. The number of hydrogen-bond donors (Lipinski definition) is 1. The lowest BCUT2D eigenvalue weighted by atomic mass is 10.1. The van der Waals surface area contributed by atoms with Crippen molar-refractivity contribution in [2.45, 2.75) is 24.8 Å². The van der Waals surface area contributed by atoms with Crippen LogP contribution in [0.5, 0.6) is 0 Å². The lowest BCUT2D eigenvalue weighted by Gasteiger charge is -2.13. The monoisotopic (exact) mass is 257 g/mol. The first kappa shape index (κ1) is 13.2. The van der Waals surface area contributed by atoms with E-state index in [4.69, 9.17) is 5.73 Å². The summed E-state index contributed by atoms with van der Waals surface area (Å²) in [6.07, 6.45) is 0. The van der Waals surface area contributed by atoms with E-state index in [1.807, 2.05) is 30.0 Å². The van der Waals surface area contributed by atoms with Crippen molar-refractivity contribution < 1.29 is 0 Å². The SMILES string of the molecule is Cc1ccc(C)c(SCC(N)c2ccccc2)c1. The predicted octanol–water partition coefficient (Wildman–Crippen LogP) is 4.10. The standard InChI is InChI=1S/C16H19NS/c1-12-8-9-13(2)16(10-12)18-11-15(17)14-6-4-3-5-7-14/h3-10,15H,11,17H2,1-2H3. The molecule has 0 amide bonds. The maximum Gasteiger partial charge on any atom is 0.0390 e. The van der Waals surface area contributed by atoms with E-state index in [0.717, 1.165) is 5.75 Å². The Morgan fingerprint density at radius 3 is 2.50 bits per heavy atom. The average Bonchev–Trinajstić information content (AvgIpc) is 2.40. The van der Waals surface area contributed by atoms with Crippen LogP contribution in [0.1, 0.15) is 22.7 Å². The fourth-order valence-corrected chi connectivity index (χ4v) is 2.96. The van der Waals surface area contributed by atoms with Crippen LogP contribution in [0.25, 0.3) is 0 Å². The van der Waals surface area contributed by atoms with Gasteiger partial charge in [0.2, 0.25) is 0 Å². The highest BCUT2D eigenvalue weighted by molar-refractivity contribution is 7.99. The Hall–Kier alpha value is -1.25. The van der Waals surface area contributed by atoms with Crippen LogP contribution >= 0.6 is 11.8 Å². The van der Waals surface area contributed by atoms with Crippen molar-refractivity contribution in [3.05, 3.63) is 65.2 Å².